The summed E-state index contributed by atoms with van der Waals surface area (Å²) in [4.78, 5) is 26.2. The summed E-state index contributed by atoms with van der Waals surface area (Å²) >= 11 is 1.63. The normalized spacial score (nSPS) is 13.1. The highest BCUT2D eigenvalue weighted by molar-refractivity contribution is 7.18. The number of aromatic nitrogens is 2. The van der Waals surface area contributed by atoms with Crippen LogP contribution in [0, 0.1) is 13.8 Å². The Morgan fingerprint density at radius 3 is 2.62 bits per heavy atom. The summed E-state index contributed by atoms with van der Waals surface area (Å²) in [6.07, 6.45) is 0.896. The predicted molar refractivity (Wildman–Crippen MR) is 119 cm³/mol. The van der Waals surface area contributed by atoms with E-state index in [-0.39, 0.29) is 5.91 Å². The second kappa shape index (κ2) is 6.67. The molecule has 0 saturated heterocycles. The molecule has 0 saturated carbocycles. The third kappa shape index (κ3) is 2.87. The van der Waals surface area contributed by atoms with Crippen molar-refractivity contribution in [3.8, 4) is 11.4 Å². The molecule has 29 heavy (non-hydrogen) atoms. The first-order chi connectivity index (χ1) is 14.0. The van der Waals surface area contributed by atoms with Gasteiger partial charge in [0.1, 0.15) is 10.6 Å². The van der Waals surface area contributed by atoms with Crippen molar-refractivity contribution in [2.24, 2.45) is 0 Å². The number of anilines is 2. The topological polar surface area (TPSA) is 72.1 Å². The average molecular weight is 401 g/mol. The molecule has 5 nitrogen and oxygen atoms in total. The SMILES string of the molecule is Cc1sc2nc(-c3ccc(C(=O)N4CCc5ccccc54)cc3)nc(N)c2c1C. The number of aryl methyl sites for hydroxylation is 2. The second-order valence-corrected chi connectivity index (χ2v) is 8.51. The number of carbonyl (C=O) groups is 1. The van der Waals surface area contributed by atoms with Crippen LogP contribution in [-0.4, -0.2) is 22.4 Å². The van der Waals surface area contributed by atoms with E-state index in [9.17, 15) is 4.79 Å². The Kier molecular flexibility index (Phi) is 4.10. The fourth-order valence-electron chi connectivity index (χ4n) is 3.88. The van der Waals surface area contributed by atoms with E-state index in [2.05, 4.69) is 18.0 Å². The maximum atomic E-state index is 13.0. The van der Waals surface area contributed by atoms with Crippen molar-refractivity contribution in [2.45, 2.75) is 20.3 Å². The van der Waals surface area contributed by atoms with E-state index in [4.69, 9.17) is 10.7 Å². The first-order valence-corrected chi connectivity index (χ1v) is 10.4. The summed E-state index contributed by atoms with van der Waals surface area (Å²) in [5, 5.41) is 0.941. The molecule has 6 heteroatoms. The zero-order valence-electron chi connectivity index (χ0n) is 16.3. The van der Waals surface area contributed by atoms with Crippen molar-refractivity contribution >= 4 is 39.0 Å². The number of para-hydroxylation sites is 1. The molecule has 1 amide bonds. The van der Waals surface area contributed by atoms with Gasteiger partial charge in [-0.3, -0.25) is 4.79 Å². The Morgan fingerprint density at radius 1 is 1.07 bits per heavy atom. The van der Waals surface area contributed by atoms with Crippen LogP contribution in [0.15, 0.2) is 48.5 Å². The summed E-state index contributed by atoms with van der Waals surface area (Å²) in [6.45, 7) is 4.83. The number of carbonyl (C=O) groups excluding carboxylic acids is 1. The van der Waals surface area contributed by atoms with Crippen LogP contribution in [0.3, 0.4) is 0 Å². The van der Waals surface area contributed by atoms with Crippen LogP contribution in [0.4, 0.5) is 11.5 Å². The highest BCUT2D eigenvalue weighted by Gasteiger charge is 2.25. The predicted octanol–water partition coefficient (Wildman–Crippen LogP) is 4.76. The number of thiophene rings is 1. The molecule has 2 N–H and O–H groups in total. The fourth-order valence-corrected chi connectivity index (χ4v) is 4.91. The lowest BCUT2D eigenvalue weighted by Gasteiger charge is -2.17. The summed E-state index contributed by atoms with van der Waals surface area (Å²) in [5.41, 5.74) is 11.1. The minimum absolute atomic E-state index is 0.0156. The van der Waals surface area contributed by atoms with Gasteiger partial charge in [0.25, 0.3) is 5.91 Å². The van der Waals surface area contributed by atoms with E-state index in [1.165, 1.54) is 10.4 Å². The molecule has 1 aliphatic rings. The molecule has 0 atom stereocenters. The highest BCUT2D eigenvalue weighted by Crippen LogP contribution is 2.34. The largest absolute Gasteiger partial charge is 0.383 e. The Labute approximate surface area is 172 Å². The quantitative estimate of drug-likeness (QED) is 0.526. The molecular formula is C23H20N4OS. The monoisotopic (exact) mass is 400 g/mol. The summed E-state index contributed by atoms with van der Waals surface area (Å²) in [6, 6.07) is 15.5. The molecule has 0 fully saturated rings. The van der Waals surface area contributed by atoms with Crippen LogP contribution >= 0.6 is 11.3 Å². The van der Waals surface area contributed by atoms with Gasteiger partial charge in [0.2, 0.25) is 0 Å². The van der Waals surface area contributed by atoms with Crippen molar-refractivity contribution in [3.05, 3.63) is 70.1 Å². The Bertz CT molecular complexity index is 1260. The maximum Gasteiger partial charge on any atom is 0.258 e. The van der Waals surface area contributed by atoms with Crippen LogP contribution in [0.1, 0.15) is 26.4 Å². The van der Waals surface area contributed by atoms with Crippen molar-refractivity contribution in [2.75, 3.05) is 17.2 Å². The van der Waals surface area contributed by atoms with Gasteiger partial charge in [-0.05, 0) is 49.6 Å². The number of rotatable bonds is 2. The number of fused-ring (bicyclic) bond motifs is 2. The third-order valence-electron chi connectivity index (χ3n) is 5.58. The second-order valence-electron chi connectivity index (χ2n) is 7.31. The molecule has 0 spiro atoms. The van der Waals surface area contributed by atoms with Gasteiger partial charge in [0.05, 0.1) is 5.39 Å². The zero-order valence-corrected chi connectivity index (χ0v) is 17.1. The Morgan fingerprint density at radius 2 is 1.83 bits per heavy atom. The van der Waals surface area contributed by atoms with E-state index in [0.717, 1.165) is 33.5 Å². The maximum absolute atomic E-state index is 13.0. The van der Waals surface area contributed by atoms with E-state index < -0.39 is 0 Å². The smallest absolute Gasteiger partial charge is 0.258 e. The fraction of sp³-hybridized carbons (Fsp3) is 0.174. The lowest BCUT2D eigenvalue weighted by molar-refractivity contribution is 0.0989. The van der Waals surface area contributed by atoms with Crippen molar-refractivity contribution in [1.82, 2.24) is 9.97 Å². The standard InChI is InChI=1S/C23H20N4OS/c1-13-14(2)29-22-19(13)20(24)25-21(26-22)16-7-9-17(10-8-16)23(28)27-12-11-15-5-3-4-6-18(15)27/h3-10H,11-12H2,1-2H3,(H2,24,25,26). The van der Waals surface area contributed by atoms with Gasteiger partial charge in [-0.25, -0.2) is 9.97 Å². The van der Waals surface area contributed by atoms with Gasteiger partial charge < -0.3 is 10.6 Å². The highest BCUT2D eigenvalue weighted by atomic mass is 32.1. The van der Waals surface area contributed by atoms with Crippen LogP contribution in [0.25, 0.3) is 21.6 Å². The van der Waals surface area contributed by atoms with Gasteiger partial charge in [-0.1, -0.05) is 30.3 Å². The number of hydrogen-bond acceptors (Lipinski definition) is 5. The molecule has 3 heterocycles. The summed E-state index contributed by atoms with van der Waals surface area (Å²) < 4.78 is 0. The van der Waals surface area contributed by atoms with Crippen LogP contribution in [-0.2, 0) is 6.42 Å². The molecule has 2 aromatic carbocycles. The van der Waals surface area contributed by atoms with Gasteiger partial charge in [0, 0.05) is 28.2 Å². The molecule has 0 bridgehead atoms. The van der Waals surface area contributed by atoms with Crippen LogP contribution in [0.2, 0.25) is 0 Å². The van der Waals surface area contributed by atoms with Crippen molar-refractivity contribution in [1.29, 1.82) is 0 Å². The van der Waals surface area contributed by atoms with Gasteiger partial charge in [-0.15, -0.1) is 11.3 Å². The number of amides is 1. The summed E-state index contributed by atoms with van der Waals surface area (Å²) in [5.74, 6) is 1.10. The first-order valence-electron chi connectivity index (χ1n) is 9.56. The van der Waals surface area contributed by atoms with E-state index in [1.807, 2.05) is 54.3 Å². The third-order valence-corrected chi connectivity index (χ3v) is 6.68. The lowest BCUT2D eigenvalue weighted by Crippen LogP contribution is -2.28. The molecule has 4 aromatic rings. The molecular weight excluding hydrogens is 380 g/mol. The van der Waals surface area contributed by atoms with E-state index >= 15 is 0 Å². The minimum atomic E-state index is 0.0156. The minimum Gasteiger partial charge on any atom is -0.383 e. The molecule has 0 radical (unpaired) electrons. The molecule has 1 aliphatic heterocycles. The van der Waals surface area contributed by atoms with Crippen molar-refractivity contribution < 1.29 is 4.79 Å². The van der Waals surface area contributed by atoms with E-state index in [0.29, 0.717) is 23.8 Å². The molecule has 144 valence electrons. The van der Waals surface area contributed by atoms with Crippen LogP contribution in [0.5, 0.6) is 0 Å². The van der Waals surface area contributed by atoms with Gasteiger partial charge in [0.15, 0.2) is 5.82 Å². The van der Waals surface area contributed by atoms with E-state index in [1.54, 1.807) is 11.3 Å². The Balaban J connectivity index is 1.47. The lowest BCUT2D eigenvalue weighted by atomic mass is 10.1. The Hall–Kier alpha value is -3.25. The number of benzene rings is 2. The number of nitrogens with two attached hydrogens (primary N) is 1. The average Bonchev–Trinajstić information content (AvgIpc) is 3.29. The van der Waals surface area contributed by atoms with Gasteiger partial charge >= 0.3 is 0 Å². The van der Waals surface area contributed by atoms with Gasteiger partial charge in [-0.2, -0.15) is 0 Å². The number of nitrogen functional groups attached to an aromatic ring is 1. The number of nitrogens with zero attached hydrogens (tertiary/aromatic N) is 3. The first kappa shape index (κ1) is 17.8. The van der Waals surface area contributed by atoms with Crippen molar-refractivity contribution in [3.63, 3.8) is 0 Å². The molecule has 0 aliphatic carbocycles. The molecule has 0 unspecified atom stereocenters. The number of hydrogen-bond donors (Lipinski definition) is 1. The molecule has 5 rings (SSSR count). The zero-order chi connectivity index (χ0) is 20.1. The summed E-state index contributed by atoms with van der Waals surface area (Å²) in [7, 11) is 0. The molecule has 2 aromatic heterocycles. The van der Waals surface area contributed by atoms with Crippen LogP contribution < -0.4 is 10.6 Å².